The van der Waals surface area contributed by atoms with Gasteiger partial charge in [0.2, 0.25) is 11.8 Å². The third-order valence-corrected chi connectivity index (χ3v) is 2.65. The van der Waals surface area contributed by atoms with Crippen molar-refractivity contribution in [2.75, 3.05) is 17.7 Å². The molecule has 2 rings (SSSR count). The first-order valence-electron chi connectivity index (χ1n) is 5.94. The Kier molecular flexibility index (Phi) is 4.11. The Morgan fingerprint density at radius 2 is 2.05 bits per heavy atom. The molecule has 0 aliphatic heterocycles. The lowest BCUT2D eigenvalue weighted by molar-refractivity contribution is -0.384. The minimum Gasteiger partial charge on any atom is -0.367 e. The second-order valence-corrected chi connectivity index (χ2v) is 4.14. The molecule has 0 atom stereocenters. The van der Waals surface area contributed by atoms with Gasteiger partial charge in [-0.1, -0.05) is 6.07 Å². The first kappa shape index (κ1) is 15.5. The van der Waals surface area contributed by atoms with Crippen LogP contribution in [-0.4, -0.2) is 21.9 Å². The van der Waals surface area contributed by atoms with Gasteiger partial charge in [0.15, 0.2) is 0 Å². The van der Waals surface area contributed by atoms with E-state index in [0.29, 0.717) is 0 Å². The Balaban J connectivity index is 2.30. The van der Waals surface area contributed by atoms with Gasteiger partial charge in [-0.2, -0.15) is 18.2 Å². The van der Waals surface area contributed by atoms with Crippen LogP contribution in [0.25, 0.3) is 0 Å². The number of hydrogen-bond acceptors (Lipinski definition) is 6. The van der Waals surface area contributed by atoms with Crippen molar-refractivity contribution in [3.8, 4) is 0 Å². The highest BCUT2D eigenvalue weighted by atomic mass is 19.4. The molecule has 0 unspecified atom stereocenters. The van der Waals surface area contributed by atoms with E-state index in [1.807, 2.05) is 0 Å². The number of benzene rings is 1. The first-order valence-corrected chi connectivity index (χ1v) is 5.94. The van der Waals surface area contributed by atoms with Gasteiger partial charge in [-0.15, -0.1) is 0 Å². The predicted octanol–water partition coefficient (Wildman–Crippen LogP) is 3.19. The maximum Gasteiger partial charge on any atom is 0.416 e. The maximum atomic E-state index is 12.6. The summed E-state index contributed by atoms with van der Waals surface area (Å²) in [5, 5.41) is 15.8. The molecule has 2 N–H and O–H groups in total. The van der Waals surface area contributed by atoms with Crippen molar-refractivity contribution in [1.82, 2.24) is 9.97 Å². The van der Waals surface area contributed by atoms with Crippen molar-refractivity contribution >= 4 is 23.1 Å². The lowest BCUT2D eigenvalue weighted by Crippen LogP contribution is -2.07. The van der Waals surface area contributed by atoms with E-state index >= 15 is 0 Å². The molecular formula is C12H10F3N5O2. The summed E-state index contributed by atoms with van der Waals surface area (Å²) >= 11 is 0. The molecule has 0 spiro atoms. The summed E-state index contributed by atoms with van der Waals surface area (Å²) in [4.78, 5) is 17.6. The van der Waals surface area contributed by atoms with Crippen LogP contribution in [0.2, 0.25) is 0 Å². The molecule has 2 aromatic rings. The fourth-order valence-electron chi connectivity index (χ4n) is 1.66. The quantitative estimate of drug-likeness (QED) is 0.665. The molecular weight excluding hydrogens is 303 g/mol. The SMILES string of the molecule is CNc1nc(Nc2cccc(C(F)(F)F)c2)ncc1[N+](=O)[O-]. The van der Waals surface area contributed by atoms with Crippen LogP contribution in [0.3, 0.4) is 0 Å². The van der Waals surface area contributed by atoms with Gasteiger partial charge >= 0.3 is 11.9 Å². The normalized spacial score (nSPS) is 11.1. The minimum absolute atomic E-state index is 0.0468. The van der Waals surface area contributed by atoms with E-state index in [9.17, 15) is 23.3 Å². The molecule has 1 aromatic heterocycles. The lowest BCUT2D eigenvalue weighted by atomic mass is 10.2. The van der Waals surface area contributed by atoms with Gasteiger partial charge in [-0.3, -0.25) is 10.1 Å². The summed E-state index contributed by atoms with van der Waals surface area (Å²) in [5.41, 5.74) is -1.05. The number of alkyl halides is 3. The van der Waals surface area contributed by atoms with Crippen molar-refractivity contribution in [2.24, 2.45) is 0 Å². The largest absolute Gasteiger partial charge is 0.416 e. The number of nitro groups is 1. The molecule has 1 aromatic carbocycles. The molecule has 0 radical (unpaired) electrons. The molecule has 0 aliphatic rings. The van der Waals surface area contributed by atoms with Crippen LogP contribution in [0.5, 0.6) is 0 Å². The first-order chi connectivity index (χ1) is 10.3. The van der Waals surface area contributed by atoms with Crippen LogP contribution in [0.4, 0.5) is 36.3 Å². The van der Waals surface area contributed by atoms with E-state index in [1.54, 1.807) is 0 Å². The van der Waals surface area contributed by atoms with Gasteiger partial charge in [0, 0.05) is 12.7 Å². The zero-order valence-corrected chi connectivity index (χ0v) is 11.2. The molecule has 0 saturated heterocycles. The molecule has 0 amide bonds. The van der Waals surface area contributed by atoms with Crippen LogP contribution >= 0.6 is 0 Å². The fourth-order valence-corrected chi connectivity index (χ4v) is 1.66. The third kappa shape index (κ3) is 3.40. The summed E-state index contributed by atoms with van der Waals surface area (Å²) < 4.78 is 37.9. The standard InChI is InChI=1S/C12H10F3N5O2/c1-16-10-9(20(21)22)6-17-11(19-10)18-8-4-2-3-7(5-8)12(13,14)15/h2-6H,1H3,(H2,16,17,18,19). The summed E-state index contributed by atoms with van der Waals surface area (Å²) in [6.45, 7) is 0. The number of hydrogen-bond donors (Lipinski definition) is 2. The highest BCUT2D eigenvalue weighted by Crippen LogP contribution is 2.31. The Labute approximate surface area is 122 Å². The van der Waals surface area contributed by atoms with E-state index in [0.717, 1.165) is 18.3 Å². The molecule has 0 fully saturated rings. The van der Waals surface area contributed by atoms with Crippen molar-refractivity contribution in [3.05, 3.63) is 46.1 Å². The molecule has 116 valence electrons. The molecule has 1 heterocycles. The van der Waals surface area contributed by atoms with Gasteiger partial charge < -0.3 is 10.6 Å². The van der Waals surface area contributed by atoms with Crippen molar-refractivity contribution in [1.29, 1.82) is 0 Å². The van der Waals surface area contributed by atoms with Crippen LogP contribution in [0.1, 0.15) is 5.56 Å². The molecule has 0 aliphatic carbocycles. The van der Waals surface area contributed by atoms with Gasteiger partial charge in [0.25, 0.3) is 0 Å². The molecule has 22 heavy (non-hydrogen) atoms. The zero-order valence-electron chi connectivity index (χ0n) is 11.2. The topological polar surface area (TPSA) is 93.0 Å². The number of nitrogens with one attached hydrogen (secondary N) is 2. The lowest BCUT2D eigenvalue weighted by Gasteiger charge is -2.10. The Morgan fingerprint density at radius 1 is 1.32 bits per heavy atom. The van der Waals surface area contributed by atoms with Gasteiger partial charge in [-0.25, -0.2) is 4.98 Å². The number of aromatic nitrogens is 2. The molecule has 10 heteroatoms. The third-order valence-electron chi connectivity index (χ3n) is 2.65. The van der Waals surface area contributed by atoms with Crippen molar-refractivity contribution in [2.45, 2.75) is 6.18 Å². The Bertz CT molecular complexity index is 705. The van der Waals surface area contributed by atoms with Crippen LogP contribution < -0.4 is 10.6 Å². The summed E-state index contributed by atoms with van der Waals surface area (Å²) in [7, 11) is 1.43. The predicted molar refractivity (Wildman–Crippen MR) is 73.0 cm³/mol. The number of halogens is 3. The van der Waals surface area contributed by atoms with E-state index < -0.39 is 16.7 Å². The van der Waals surface area contributed by atoms with Crippen LogP contribution in [-0.2, 0) is 6.18 Å². The maximum absolute atomic E-state index is 12.6. The average molecular weight is 313 g/mol. The zero-order chi connectivity index (χ0) is 16.3. The fraction of sp³-hybridized carbons (Fsp3) is 0.167. The van der Waals surface area contributed by atoms with Crippen molar-refractivity contribution in [3.63, 3.8) is 0 Å². The highest BCUT2D eigenvalue weighted by Gasteiger charge is 2.30. The second-order valence-electron chi connectivity index (χ2n) is 4.14. The minimum atomic E-state index is -4.47. The van der Waals surface area contributed by atoms with E-state index in [-0.39, 0.29) is 23.1 Å². The van der Waals surface area contributed by atoms with Gasteiger partial charge in [0.1, 0.15) is 6.20 Å². The number of rotatable bonds is 4. The second kappa shape index (κ2) is 5.84. The van der Waals surface area contributed by atoms with Gasteiger partial charge in [-0.05, 0) is 18.2 Å². The number of nitrogens with zero attached hydrogens (tertiary/aromatic N) is 3. The monoisotopic (exact) mass is 313 g/mol. The summed E-state index contributed by atoms with van der Waals surface area (Å²) in [6, 6.07) is 4.46. The molecule has 0 bridgehead atoms. The summed E-state index contributed by atoms with van der Waals surface area (Å²) in [5.74, 6) is -0.108. The van der Waals surface area contributed by atoms with Crippen molar-refractivity contribution < 1.29 is 18.1 Å². The van der Waals surface area contributed by atoms with Crippen LogP contribution in [0, 0.1) is 10.1 Å². The van der Waals surface area contributed by atoms with E-state index in [2.05, 4.69) is 20.6 Å². The highest BCUT2D eigenvalue weighted by molar-refractivity contribution is 5.60. The summed E-state index contributed by atoms with van der Waals surface area (Å²) in [6.07, 6.45) is -3.50. The average Bonchev–Trinajstić information content (AvgIpc) is 2.46. The Hall–Kier alpha value is -2.91. The van der Waals surface area contributed by atoms with E-state index in [4.69, 9.17) is 0 Å². The molecule has 0 saturated carbocycles. The van der Waals surface area contributed by atoms with E-state index in [1.165, 1.54) is 19.2 Å². The smallest absolute Gasteiger partial charge is 0.367 e. The van der Waals surface area contributed by atoms with Gasteiger partial charge in [0.05, 0.1) is 10.5 Å². The number of anilines is 3. The van der Waals surface area contributed by atoms with Crippen LogP contribution in [0.15, 0.2) is 30.5 Å². The molecule has 7 nitrogen and oxygen atoms in total. The Morgan fingerprint density at radius 3 is 2.64 bits per heavy atom.